The molecule has 0 aliphatic rings. The summed E-state index contributed by atoms with van der Waals surface area (Å²) in [5.41, 5.74) is 9.02. The lowest BCUT2D eigenvalue weighted by atomic mass is 10.2. The molecular weight excluding hydrogens is 310 g/mol. The highest BCUT2D eigenvalue weighted by molar-refractivity contribution is 7.99. The molecule has 2 heteroatoms. The molecule has 0 aromatic carbocycles. The van der Waals surface area contributed by atoms with Crippen molar-refractivity contribution in [3.63, 3.8) is 0 Å². The molecule has 0 atom stereocenters. The molecule has 144 valence electrons. The van der Waals surface area contributed by atoms with E-state index in [4.69, 9.17) is 5.73 Å². The number of unbranched alkanes of at least 4 members (excludes halogenated alkanes) is 1. The van der Waals surface area contributed by atoms with Crippen molar-refractivity contribution < 1.29 is 0 Å². The van der Waals surface area contributed by atoms with Crippen LogP contribution in [0.25, 0.3) is 0 Å². The van der Waals surface area contributed by atoms with Crippen LogP contribution in [0.5, 0.6) is 0 Å². The van der Waals surface area contributed by atoms with Gasteiger partial charge in [-0.2, -0.15) is 11.8 Å². The van der Waals surface area contributed by atoms with Crippen LogP contribution < -0.4 is 5.73 Å². The Bertz CT molecular complexity index is 321. The number of rotatable bonds is 8. The summed E-state index contributed by atoms with van der Waals surface area (Å²) in [5.74, 6) is 2.37. The molecule has 0 rings (SSSR count). The van der Waals surface area contributed by atoms with E-state index in [1.54, 1.807) is 0 Å². The summed E-state index contributed by atoms with van der Waals surface area (Å²) in [7, 11) is 0. The Morgan fingerprint density at radius 1 is 1.08 bits per heavy atom. The molecule has 1 nitrogen and oxygen atoms in total. The molecule has 0 unspecified atom stereocenters. The largest absolute Gasteiger partial charge is 0.402 e. The fraction of sp³-hybridized carbons (Fsp3) is 0.636. The van der Waals surface area contributed by atoms with Crippen LogP contribution in [0.15, 0.2) is 47.7 Å². The van der Waals surface area contributed by atoms with Crippen LogP contribution in [0.1, 0.15) is 81.6 Å². The fourth-order valence-corrected chi connectivity index (χ4v) is 1.93. The van der Waals surface area contributed by atoms with Gasteiger partial charge in [0.25, 0.3) is 0 Å². The minimum absolute atomic E-state index is 0.905. The van der Waals surface area contributed by atoms with Crippen LogP contribution >= 0.6 is 11.8 Å². The van der Waals surface area contributed by atoms with Gasteiger partial charge in [0.15, 0.2) is 0 Å². The lowest BCUT2D eigenvalue weighted by Gasteiger charge is -1.98. The summed E-state index contributed by atoms with van der Waals surface area (Å²) < 4.78 is 0. The summed E-state index contributed by atoms with van der Waals surface area (Å²) in [6, 6.07) is 0. The Morgan fingerprint density at radius 2 is 1.62 bits per heavy atom. The monoisotopic (exact) mass is 355 g/mol. The van der Waals surface area contributed by atoms with Crippen LogP contribution in [-0.4, -0.2) is 11.5 Å². The Morgan fingerprint density at radius 3 is 1.92 bits per heavy atom. The molecule has 0 aromatic heterocycles. The topological polar surface area (TPSA) is 26.0 Å². The van der Waals surface area contributed by atoms with Crippen LogP contribution in [-0.2, 0) is 0 Å². The van der Waals surface area contributed by atoms with Crippen molar-refractivity contribution in [1.29, 1.82) is 0 Å². The van der Waals surface area contributed by atoms with Crippen LogP contribution in [0.2, 0.25) is 0 Å². The molecule has 24 heavy (non-hydrogen) atoms. The Hall–Kier alpha value is -0.890. The third kappa shape index (κ3) is 29.2. The summed E-state index contributed by atoms with van der Waals surface area (Å²) in [6.45, 7) is 22.0. The highest BCUT2D eigenvalue weighted by Crippen LogP contribution is 2.09. The zero-order valence-corrected chi connectivity index (χ0v) is 18.9. The molecule has 0 bridgehead atoms. The zero-order valence-electron chi connectivity index (χ0n) is 18.0. The summed E-state index contributed by atoms with van der Waals surface area (Å²) in [6.07, 6.45) is 11.9. The van der Waals surface area contributed by atoms with Gasteiger partial charge in [-0.1, -0.05) is 77.8 Å². The summed E-state index contributed by atoms with van der Waals surface area (Å²) in [5, 5.41) is 0. The van der Waals surface area contributed by atoms with E-state index in [2.05, 4.69) is 45.6 Å². The Balaban J connectivity index is -0.000000145. The summed E-state index contributed by atoms with van der Waals surface area (Å²) >= 11 is 1.98. The molecule has 0 amide bonds. The SMILES string of the molecule is C/C=C(\C=C/CCC)CSCC.C=CC/C(C)=C(\C)N.CC.CC. The minimum Gasteiger partial charge on any atom is -0.402 e. The van der Waals surface area contributed by atoms with E-state index in [1.807, 2.05) is 59.4 Å². The van der Waals surface area contributed by atoms with Gasteiger partial charge in [-0.15, -0.1) is 6.58 Å². The maximum absolute atomic E-state index is 5.45. The van der Waals surface area contributed by atoms with E-state index in [0.29, 0.717) is 0 Å². The number of hydrogen-bond donors (Lipinski definition) is 1. The minimum atomic E-state index is 0.905. The molecule has 2 N–H and O–H groups in total. The average molecular weight is 356 g/mol. The van der Waals surface area contributed by atoms with Gasteiger partial charge in [-0.05, 0) is 44.9 Å². The second-order valence-electron chi connectivity index (χ2n) is 4.65. The smallest absolute Gasteiger partial charge is 0.0181 e. The van der Waals surface area contributed by atoms with Crippen LogP contribution in [0.4, 0.5) is 0 Å². The van der Waals surface area contributed by atoms with Gasteiger partial charge in [0, 0.05) is 11.4 Å². The van der Waals surface area contributed by atoms with E-state index in [-0.39, 0.29) is 0 Å². The lowest BCUT2D eigenvalue weighted by molar-refractivity contribution is 0.957. The van der Waals surface area contributed by atoms with Crippen molar-refractivity contribution in [2.24, 2.45) is 5.73 Å². The molecular formula is C22H45NS. The normalized spacial score (nSPS) is 11.1. The van der Waals surface area contributed by atoms with E-state index in [9.17, 15) is 0 Å². The maximum atomic E-state index is 5.45. The quantitative estimate of drug-likeness (QED) is 0.353. The van der Waals surface area contributed by atoms with Crippen molar-refractivity contribution in [2.45, 2.75) is 81.6 Å². The first-order chi connectivity index (χ1) is 11.5. The number of thioether (sulfide) groups is 1. The van der Waals surface area contributed by atoms with Crippen molar-refractivity contribution in [3.8, 4) is 0 Å². The standard InChI is InChI=1S/C11H20S.C7H13N.2C2H6/c1-4-7-8-9-11(5-2)10-12-6-3;1-4-5-6(2)7(3)8;2*1-2/h5,8-9H,4,6-7,10H2,1-3H3;4H,1,5,8H2,2-3H3;2*1-2H3/b9-8-,11-5+;7-6+;;. The van der Waals surface area contributed by atoms with Gasteiger partial charge in [-0.3, -0.25) is 0 Å². The highest BCUT2D eigenvalue weighted by atomic mass is 32.2. The van der Waals surface area contributed by atoms with E-state index in [0.717, 1.165) is 17.9 Å². The molecule has 0 saturated heterocycles. The van der Waals surface area contributed by atoms with Crippen molar-refractivity contribution in [3.05, 3.63) is 47.7 Å². The van der Waals surface area contributed by atoms with E-state index in [1.165, 1.54) is 29.7 Å². The second-order valence-corrected chi connectivity index (χ2v) is 5.92. The summed E-state index contributed by atoms with van der Waals surface area (Å²) in [4.78, 5) is 0. The van der Waals surface area contributed by atoms with Crippen molar-refractivity contribution >= 4 is 11.8 Å². The molecule has 0 fully saturated rings. The molecule has 0 aromatic rings. The Labute approximate surface area is 158 Å². The first-order valence-corrected chi connectivity index (χ1v) is 10.6. The van der Waals surface area contributed by atoms with Gasteiger partial charge in [0.2, 0.25) is 0 Å². The van der Waals surface area contributed by atoms with Crippen molar-refractivity contribution in [1.82, 2.24) is 0 Å². The molecule has 0 aliphatic carbocycles. The fourth-order valence-electron chi connectivity index (χ4n) is 1.23. The molecule has 0 aliphatic heterocycles. The first-order valence-electron chi connectivity index (χ1n) is 9.45. The maximum Gasteiger partial charge on any atom is 0.0181 e. The van der Waals surface area contributed by atoms with E-state index >= 15 is 0 Å². The van der Waals surface area contributed by atoms with E-state index < -0.39 is 0 Å². The predicted octanol–water partition coefficient (Wildman–Crippen LogP) is 7.91. The van der Waals surface area contributed by atoms with Crippen LogP contribution in [0.3, 0.4) is 0 Å². The second kappa shape index (κ2) is 30.0. The first kappa shape index (κ1) is 30.9. The van der Waals surface area contributed by atoms with Crippen molar-refractivity contribution in [2.75, 3.05) is 11.5 Å². The number of nitrogens with two attached hydrogens (primary N) is 1. The molecule has 0 saturated carbocycles. The highest BCUT2D eigenvalue weighted by Gasteiger charge is 1.89. The predicted molar refractivity (Wildman–Crippen MR) is 121 cm³/mol. The van der Waals surface area contributed by atoms with Gasteiger partial charge in [-0.25, -0.2) is 0 Å². The molecule has 0 radical (unpaired) electrons. The number of allylic oxidation sites excluding steroid dienone is 6. The average Bonchev–Trinajstić information content (AvgIpc) is 2.62. The van der Waals surface area contributed by atoms with Gasteiger partial charge in [0.05, 0.1) is 0 Å². The Kier molecular flexibility index (Phi) is 38.7. The van der Waals surface area contributed by atoms with Gasteiger partial charge < -0.3 is 5.73 Å². The zero-order chi connectivity index (χ0) is 19.8. The molecule has 0 spiro atoms. The lowest BCUT2D eigenvalue weighted by Crippen LogP contribution is -1.94. The number of hydrogen-bond acceptors (Lipinski definition) is 2. The van der Waals surface area contributed by atoms with Crippen LogP contribution in [0, 0.1) is 0 Å². The van der Waals surface area contributed by atoms with Gasteiger partial charge >= 0.3 is 0 Å². The molecule has 0 heterocycles. The van der Waals surface area contributed by atoms with Gasteiger partial charge in [0.1, 0.15) is 0 Å². The third-order valence-corrected chi connectivity index (χ3v) is 3.70. The third-order valence-electron chi connectivity index (χ3n) is 2.75.